The third-order valence-electron chi connectivity index (χ3n) is 4.10. The van der Waals surface area contributed by atoms with E-state index in [1.807, 2.05) is 6.07 Å². The minimum absolute atomic E-state index is 0.0299. The number of nitrogens with zero attached hydrogens (tertiary/aromatic N) is 2. The van der Waals surface area contributed by atoms with Gasteiger partial charge in [-0.15, -0.1) is 0 Å². The summed E-state index contributed by atoms with van der Waals surface area (Å²) in [6.07, 6.45) is 1.30. The van der Waals surface area contributed by atoms with Crippen molar-refractivity contribution in [3.8, 4) is 6.07 Å². The van der Waals surface area contributed by atoms with Crippen LogP contribution in [0.25, 0.3) is 0 Å². The fourth-order valence-electron chi connectivity index (χ4n) is 2.76. The lowest BCUT2D eigenvalue weighted by molar-refractivity contribution is -0.119. The van der Waals surface area contributed by atoms with Crippen molar-refractivity contribution in [2.45, 2.75) is 12.8 Å². The molecule has 27 heavy (non-hydrogen) atoms. The van der Waals surface area contributed by atoms with E-state index in [1.165, 1.54) is 0 Å². The Morgan fingerprint density at radius 2 is 1.96 bits per heavy atom. The molecule has 0 aromatic heterocycles. The van der Waals surface area contributed by atoms with Crippen molar-refractivity contribution in [2.24, 2.45) is 0 Å². The summed E-state index contributed by atoms with van der Waals surface area (Å²) in [5.74, 6) is -1.10. The first-order valence-corrected chi connectivity index (χ1v) is 8.44. The predicted octanol–water partition coefficient (Wildman–Crippen LogP) is 2.48. The molecule has 2 amide bonds. The number of benzene rings is 2. The van der Waals surface area contributed by atoms with E-state index < -0.39 is 18.5 Å². The van der Waals surface area contributed by atoms with Gasteiger partial charge in [0.2, 0.25) is 5.91 Å². The second-order valence-electron chi connectivity index (χ2n) is 6.01. The normalized spacial score (nSPS) is 13.1. The van der Waals surface area contributed by atoms with E-state index in [1.54, 1.807) is 53.4 Å². The standard InChI is InChI=1S/C20H17N3O4/c21-12-14-6-8-16(9-7-14)22-18(24)13-27-20(26)15-3-1-4-17(11-15)23-10-2-5-19(23)25/h1,3-4,6-9,11H,2,5,10,13H2,(H,22,24). The van der Waals surface area contributed by atoms with Crippen LogP contribution in [0.1, 0.15) is 28.8 Å². The van der Waals surface area contributed by atoms with Crippen LogP contribution in [-0.2, 0) is 14.3 Å². The highest BCUT2D eigenvalue weighted by molar-refractivity contribution is 5.98. The number of rotatable bonds is 5. The smallest absolute Gasteiger partial charge is 0.338 e. The topological polar surface area (TPSA) is 99.5 Å². The Balaban J connectivity index is 1.56. The van der Waals surface area contributed by atoms with Gasteiger partial charge in [0.1, 0.15) is 0 Å². The molecule has 3 rings (SSSR count). The van der Waals surface area contributed by atoms with Crippen molar-refractivity contribution in [3.63, 3.8) is 0 Å². The average Bonchev–Trinajstić information content (AvgIpc) is 3.13. The molecule has 7 nitrogen and oxygen atoms in total. The van der Waals surface area contributed by atoms with E-state index in [0.717, 1.165) is 6.42 Å². The zero-order valence-electron chi connectivity index (χ0n) is 14.5. The third-order valence-corrected chi connectivity index (χ3v) is 4.10. The van der Waals surface area contributed by atoms with Gasteiger partial charge in [-0.3, -0.25) is 9.59 Å². The van der Waals surface area contributed by atoms with Gasteiger partial charge in [-0.05, 0) is 48.9 Å². The largest absolute Gasteiger partial charge is 0.452 e. The average molecular weight is 363 g/mol. The van der Waals surface area contributed by atoms with Crippen LogP contribution in [0.15, 0.2) is 48.5 Å². The van der Waals surface area contributed by atoms with E-state index in [-0.39, 0.29) is 11.5 Å². The number of anilines is 2. The van der Waals surface area contributed by atoms with Crippen LogP contribution in [0.3, 0.4) is 0 Å². The Morgan fingerprint density at radius 3 is 2.63 bits per heavy atom. The first kappa shape index (κ1) is 18.1. The van der Waals surface area contributed by atoms with Crippen LogP contribution in [0.5, 0.6) is 0 Å². The minimum atomic E-state index is -0.640. The SMILES string of the molecule is N#Cc1ccc(NC(=O)COC(=O)c2cccc(N3CCCC3=O)c2)cc1. The summed E-state index contributed by atoms with van der Waals surface area (Å²) in [4.78, 5) is 37.6. The van der Waals surface area contributed by atoms with Gasteiger partial charge in [0, 0.05) is 24.3 Å². The van der Waals surface area contributed by atoms with Crippen LogP contribution in [0.4, 0.5) is 11.4 Å². The van der Waals surface area contributed by atoms with Crippen LogP contribution in [0, 0.1) is 11.3 Å². The first-order valence-electron chi connectivity index (χ1n) is 8.44. The number of nitriles is 1. The molecule has 1 heterocycles. The summed E-state index contributed by atoms with van der Waals surface area (Å²) in [5, 5.41) is 11.3. The molecule has 1 fully saturated rings. The lowest BCUT2D eigenvalue weighted by atomic mass is 10.2. The predicted molar refractivity (Wildman–Crippen MR) is 98.1 cm³/mol. The van der Waals surface area contributed by atoms with Crippen LogP contribution >= 0.6 is 0 Å². The van der Waals surface area contributed by atoms with Gasteiger partial charge in [0.25, 0.3) is 5.91 Å². The maximum absolute atomic E-state index is 12.2. The van der Waals surface area contributed by atoms with Gasteiger partial charge >= 0.3 is 5.97 Å². The van der Waals surface area contributed by atoms with Gasteiger partial charge < -0.3 is 15.0 Å². The highest BCUT2D eigenvalue weighted by Gasteiger charge is 2.22. The number of esters is 1. The second kappa shape index (κ2) is 8.15. The molecule has 2 aromatic rings. The third kappa shape index (κ3) is 4.50. The molecule has 1 aliphatic rings. The number of amides is 2. The quantitative estimate of drug-likeness (QED) is 0.823. The maximum atomic E-state index is 12.2. The molecule has 2 aromatic carbocycles. The van der Waals surface area contributed by atoms with E-state index in [9.17, 15) is 14.4 Å². The molecule has 0 spiro atoms. The van der Waals surface area contributed by atoms with Gasteiger partial charge in [-0.25, -0.2) is 4.79 Å². The molecule has 0 radical (unpaired) electrons. The maximum Gasteiger partial charge on any atom is 0.338 e. The summed E-state index contributed by atoms with van der Waals surface area (Å²) in [6.45, 7) is 0.191. The zero-order valence-corrected chi connectivity index (χ0v) is 14.5. The van der Waals surface area contributed by atoms with Crippen LogP contribution in [-0.4, -0.2) is 30.9 Å². The van der Waals surface area contributed by atoms with Crippen molar-refractivity contribution < 1.29 is 19.1 Å². The van der Waals surface area contributed by atoms with Crippen LogP contribution < -0.4 is 10.2 Å². The van der Waals surface area contributed by atoms with E-state index in [2.05, 4.69) is 5.32 Å². The van der Waals surface area contributed by atoms with E-state index in [4.69, 9.17) is 10.00 Å². The Hall–Kier alpha value is -3.66. The number of carbonyl (C=O) groups is 3. The van der Waals surface area contributed by atoms with Crippen LogP contribution in [0.2, 0.25) is 0 Å². The molecule has 0 saturated carbocycles. The molecular weight excluding hydrogens is 346 g/mol. The zero-order chi connectivity index (χ0) is 19.2. The minimum Gasteiger partial charge on any atom is -0.452 e. The van der Waals surface area contributed by atoms with Crippen molar-refractivity contribution in [2.75, 3.05) is 23.4 Å². The first-order chi connectivity index (χ1) is 13.1. The van der Waals surface area contributed by atoms with E-state index >= 15 is 0 Å². The molecule has 0 unspecified atom stereocenters. The molecule has 1 aliphatic heterocycles. The second-order valence-corrected chi connectivity index (χ2v) is 6.01. The van der Waals surface area contributed by atoms with Crippen molar-refractivity contribution in [1.82, 2.24) is 0 Å². The molecule has 136 valence electrons. The summed E-state index contributed by atoms with van der Waals surface area (Å²) >= 11 is 0. The lowest BCUT2D eigenvalue weighted by Crippen LogP contribution is -2.24. The molecule has 0 atom stereocenters. The Bertz CT molecular complexity index is 916. The summed E-state index contributed by atoms with van der Waals surface area (Å²) < 4.78 is 5.04. The van der Waals surface area contributed by atoms with Gasteiger partial charge in [0.15, 0.2) is 6.61 Å². The Kier molecular flexibility index (Phi) is 5.47. The number of hydrogen-bond donors (Lipinski definition) is 1. The summed E-state index contributed by atoms with van der Waals surface area (Å²) in [5.41, 5.74) is 1.91. The Morgan fingerprint density at radius 1 is 1.19 bits per heavy atom. The lowest BCUT2D eigenvalue weighted by Gasteiger charge is -2.16. The molecule has 1 saturated heterocycles. The fraction of sp³-hybridized carbons (Fsp3) is 0.200. The molecular formula is C20H17N3O4. The molecule has 0 aliphatic carbocycles. The highest BCUT2D eigenvalue weighted by atomic mass is 16.5. The summed E-state index contributed by atoms with van der Waals surface area (Å²) in [6, 6.07) is 14.9. The monoisotopic (exact) mass is 363 g/mol. The van der Waals surface area contributed by atoms with Crippen molar-refractivity contribution >= 4 is 29.2 Å². The number of carbonyl (C=O) groups excluding carboxylic acids is 3. The number of nitrogens with one attached hydrogen (secondary N) is 1. The number of ether oxygens (including phenoxy) is 1. The van der Waals surface area contributed by atoms with E-state index in [0.29, 0.717) is 29.9 Å². The van der Waals surface area contributed by atoms with Crippen molar-refractivity contribution in [3.05, 3.63) is 59.7 Å². The molecule has 7 heteroatoms. The Labute approximate surface area is 156 Å². The molecule has 0 bridgehead atoms. The molecule has 1 N–H and O–H groups in total. The highest BCUT2D eigenvalue weighted by Crippen LogP contribution is 2.22. The van der Waals surface area contributed by atoms with Gasteiger partial charge in [0.05, 0.1) is 17.2 Å². The van der Waals surface area contributed by atoms with Gasteiger partial charge in [-0.1, -0.05) is 6.07 Å². The van der Waals surface area contributed by atoms with Gasteiger partial charge in [-0.2, -0.15) is 5.26 Å². The number of hydrogen-bond acceptors (Lipinski definition) is 5. The summed E-state index contributed by atoms with van der Waals surface area (Å²) in [7, 11) is 0. The van der Waals surface area contributed by atoms with Crippen molar-refractivity contribution in [1.29, 1.82) is 5.26 Å². The fourth-order valence-corrected chi connectivity index (χ4v) is 2.76.